The van der Waals surface area contributed by atoms with Crippen molar-refractivity contribution in [2.45, 2.75) is 26.8 Å². The molecule has 1 heterocycles. The molecular weight excluding hydrogens is 366 g/mol. The molecule has 1 aliphatic rings. The van der Waals surface area contributed by atoms with E-state index < -0.39 is 0 Å². The van der Waals surface area contributed by atoms with Crippen LogP contribution in [0.3, 0.4) is 0 Å². The Labute approximate surface area is 172 Å². The van der Waals surface area contributed by atoms with Gasteiger partial charge >= 0.3 is 0 Å². The van der Waals surface area contributed by atoms with Crippen molar-refractivity contribution in [1.82, 2.24) is 10.3 Å². The zero-order valence-electron chi connectivity index (χ0n) is 17.4. The first-order valence-corrected chi connectivity index (χ1v) is 9.95. The Morgan fingerprint density at radius 1 is 1.10 bits per heavy atom. The second-order valence-corrected chi connectivity index (χ2v) is 7.26. The van der Waals surface area contributed by atoms with Crippen molar-refractivity contribution < 1.29 is 14.3 Å². The minimum absolute atomic E-state index is 0.0000643. The number of hydrogen-bond donors (Lipinski definition) is 1. The van der Waals surface area contributed by atoms with Crippen LogP contribution in [0, 0.1) is 13.8 Å². The lowest BCUT2D eigenvalue weighted by Crippen LogP contribution is -2.42. The summed E-state index contributed by atoms with van der Waals surface area (Å²) in [6.07, 6.45) is 0. The van der Waals surface area contributed by atoms with Gasteiger partial charge in [-0.25, -0.2) is 5.43 Å². The molecule has 1 fully saturated rings. The van der Waals surface area contributed by atoms with Crippen LogP contribution in [0.1, 0.15) is 29.7 Å². The van der Waals surface area contributed by atoms with E-state index in [1.165, 1.54) is 0 Å². The summed E-state index contributed by atoms with van der Waals surface area (Å²) < 4.78 is 11.2. The van der Waals surface area contributed by atoms with Gasteiger partial charge in [0.25, 0.3) is 5.91 Å². The van der Waals surface area contributed by atoms with E-state index in [0.29, 0.717) is 13.2 Å². The highest BCUT2D eigenvalue weighted by Crippen LogP contribution is 2.24. The van der Waals surface area contributed by atoms with Gasteiger partial charge < -0.3 is 9.47 Å². The molecule has 2 aromatic carbocycles. The number of carbonyl (C=O) groups excluding carboxylic acids is 1. The van der Waals surface area contributed by atoms with Crippen molar-refractivity contribution in [3.8, 4) is 5.75 Å². The molecule has 0 unspecified atom stereocenters. The molecule has 6 nitrogen and oxygen atoms in total. The number of benzene rings is 2. The van der Waals surface area contributed by atoms with Gasteiger partial charge in [-0.15, -0.1) is 0 Å². The summed E-state index contributed by atoms with van der Waals surface area (Å²) in [6, 6.07) is 16.1. The fraction of sp³-hybridized carbons (Fsp3) is 0.391. The Balaban J connectivity index is 1.66. The predicted molar refractivity (Wildman–Crippen MR) is 114 cm³/mol. The van der Waals surface area contributed by atoms with Crippen LogP contribution >= 0.6 is 0 Å². The number of nitrogens with one attached hydrogen (secondary N) is 1. The number of para-hydroxylation sites is 1. The summed E-state index contributed by atoms with van der Waals surface area (Å²) in [5, 5.41) is 4.39. The lowest BCUT2D eigenvalue weighted by atomic mass is 10.0. The fourth-order valence-electron chi connectivity index (χ4n) is 3.60. The van der Waals surface area contributed by atoms with Gasteiger partial charge in [0, 0.05) is 13.1 Å². The third kappa shape index (κ3) is 5.65. The highest BCUT2D eigenvalue weighted by atomic mass is 16.5. The lowest BCUT2D eigenvalue weighted by Gasteiger charge is -2.34. The molecule has 0 saturated carbocycles. The van der Waals surface area contributed by atoms with Crippen molar-refractivity contribution >= 4 is 11.6 Å². The van der Waals surface area contributed by atoms with Crippen LogP contribution in [0.15, 0.2) is 53.6 Å². The molecule has 2 aromatic rings. The zero-order valence-corrected chi connectivity index (χ0v) is 17.4. The highest BCUT2D eigenvalue weighted by Gasteiger charge is 2.25. The van der Waals surface area contributed by atoms with Crippen molar-refractivity contribution in [3.63, 3.8) is 0 Å². The molecule has 1 aliphatic heterocycles. The van der Waals surface area contributed by atoms with E-state index in [-0.39, 0.29) is 18.6 Å². The summed E-state index contributed by atoms with van der Waals surface area (Å²) in [7, 11) is 0. The number of nitrogens with zero attached hydrogens (tertiary/aromatic N) is 2. The summed E-state index contributed by atoms with van der Waals surface area (Å²) in [5.74, 6) is 0.472. The van der Waals surface area contributed by atoms with E-state index in [1.54, 1.807) is 0 Å². The average Bonchev–Trinajstić information content (AvgIpc) is 2.74. The minimum Gasteiger partial charge on any atom is -0.483 e. The SMILES string of the molecule is C/C(=N/NC(=O)COc1c(C)cccc1C)[C@H](c1ccccc1)N1CCOCC1. The molecule has 1 amide bonds. The predicted octanol–water partition coefficient (Wildman–Crippen LogP) is 3.25. The normalized spacial score (nSPS) is 16.3. The Morgan fingerprint density at radius 2 is 1.76 bits per heavy atom. The summed E-state index contributed by atoms with van der Waals surface area (Å²) in [6.45, 7) is 8.87. The third-order valence-electron chi connectivity index (χ3n) is 5.04. The molecular formula is C23H29N3O3. The minimum atomic E-state index is -0.277. The Kier molecular flexibility index (Phi) is 7.38. The monoisotopic (exact) mass is 395 g/mol. The maximum absolute atomic E-state index is 12.3. The maximum Gasteiger partial charge on any atom is 0.277 e. The fourth-order valence-corrected chi connectivity index (χ4v) is 3.60. The lowest BCUT2D eigenvalue weighted by molar-refractivity contribution is -0.123. The molecule has 1 saturated heterocycles. The highest BCUT2D eigenvalue weighted by molar-refractivity contribution is 5.90. The number of morpholine rings is 1. The maximum atomic E-state index is 12.3. The smallest absolute Gasteiger partial charge is 0.277 e. The molecule has 0 spiro atoms. The van der Waals surface area contributed by atoms with Crippen LogP contribution < -0.4 is 10.2 Å². The van der Waals surface area contributed by atoms with E-state index in [1.807, 2.05) is 57.2 Å². The second-order valence-electron chi connectivity index (χ2n) is 7.26. The van der Waals surface area contributed by atoms with Crippen molar-refractivity contribution in [2.75, 3.05) is 32.9 Å². The molecule has 6 heteroatoms. The van der Waals surface area contributed by atoms with E-state index >= 15 is 0 Å². The molecule has 0 aliphatic carbocycles. The van der Waals surface area contributed by atoms with E-state index in [4.69, 9.17) is 9.47 Å². The van der Waals surface area contributed by atoms with E-state index in [0.717, 1.165) is 41.2 Å². The second kappa shape index (κ2) is 10.2. The molecule has 0 aromatic heterocycles. The Morgan fingerprint density at radius 3 is 2.41 bits per heavy atom. The quantitative estimate of drug-likeness (QED) is 0.577. The molecule has 1 atom stereocenters. The Hall–Kier alpha value is -2.70. The van der Waals surface area contributed by atoms with Crippen molar-refractivity contribution in [1.29, 1.82) is 0 Å². The summed E-state index contributed by atoms with van der Waals surface area (Å²) in [5.41, 5.74) is 6.65. The van der Waals surface area contributed by atoms with Crippen LogP contribution in [-0.4, -0.2) is 49.4 Å². The molecule has 0 radical (unpaired) electrons. The zero-order chi connectivity index (χ0) is 20.6. The number of carbonyl (C=O) groups is 1. The largest absolute Gasteiger partial charge is 0.483 e. The van der Waals surface area contributed by atoms with Gasteiger partial charge in [0.05, 0.1) is 25.0 Å². The Bertz CT molecular complexity index is 825. The summed E-state index contributed by atoms with van der Waals surface area (Å²) in [4.78, 5) is 14.6. The van der Waals surface area contributed by atoms with Crippen molar-refractivity contribution in [2.24, 2.45) is 5.10 Å². The van der Waals surface area contributed by atoms with Gasteiger partial charge in [-0.05, 0) is 37.5 Å². The van der Waals surface area contributed by atoms with Gasteiger partial charge in [-0.1, -0.05) is 48.5 Å². The average molecular weight is 396 g/mol. The van der Waals surface area contributed by atoms with Gasteiger partial charge in [-0.2, -0.15) is 5.10 Å². The van der Waals surface area contributed by atoms with E-state index in [2.05, 4.69) is 27.6 Å². The summed E-state index contributed by atoms with van der Waals surface area (Å²) >= 11 is 0. The van der Waals surface area contributed by atoms with Crippen molar-refractivity contribution in [3.05, 3.63) is 65.2 Å². The molecule has 3 rings (SSSR count). The van der Waals surface area contributed by atoms with Crippen LogP contribution in [0.2, 0.25) is 0 Å². The van der Waals surface area contributed by atoms with Crippen LogP contribution in [0.5, 0.6) is 5.75 Å². The van der Waals surface area contributed by atoms with Gasteiger partial charge in [-0.3, -0.25) is 9.69 Å². The van der Waals surface area contributed by atoms with Crippen LogP contribution in [0.25, 0.3) is 0 Å². The van der Waals surface area contributed by atoms with Crippen LogP contribution in [0.4, 0.5) is 0 Å². The van der Waals surface area contributed by atoms with Gasteiger partial charge in [0.1, 0.15) is 5.75 Å². The van der Waals surface area contributed by atoms with E-state index in [9.17, 15) is 4.79 Å². The molecule has 29 heavy (non-hydrogen) atoms. The first kappa shape index (κ1) is 21.0. The first-order valence-electron chi connectivity index (χ1n) is 9.95. The first-order chi connectivity index (χ1) is 14.1. The third-order valence-corrected chi connectivity index (χ3v) is 5.04. The number of rotatable bonds is 7. The number of amides is 1. The number of aryl methyl sites for hydroxylation is 2. The van der Waals surface area contributed by atoms with Gasteiger partial charge in [0.15, 0.2) is 6.61 Å². The molecule has 0 bridgehead atoms. The standard InChI is InChI=1S/C23H29N3O3/c1-17-8-7-9-18(2)23(17)29-16-21(27)25-24-19(3)22(20-10-5-4-6-11-20)26-12-14-28-15-13-26/h4-11,22H,12-16H2,1-3H3,(H,25,27)/b24-19-/t22-/m1/s1. The topological polar surface area (TPSA) is 63.2 Å². The molecule has 1 N–H and O–H groups in total. The van der Waals surface area contributed by atoms with Crippen LogP contribution in [-0.2, 0) is 9.53 Å². The molecule has 154 valence electrons. The number of hydrogen-bond acceptors (Lipinski definition) is 5. The van der Waals surface area contributed by atoms with Gasteiger partial charge in [0.2, 0.25) is 0 Å². The number of ether oxygens (including phenoxy) is 2. The number of hydrazone groups is 1.